The molecule has 0 saturated carbocycles. The molecule has 2 N–H and O–H groups in total. The molecule has 4 heterocycles. The number of urea groups is 1. The van der Waals surface area contributed by atoms with E-state index in [-0.39, 0.29) is 18.1 Å². The Morgan fingerprint density at radius 1 is 0.808 bits per heavy atom. The van der Waals surface area contributed by atoms with Crippen molar-refractivity contribution in [2.45, 2.75) is 25.9 Å². The van der Waals surface area contributed by atoms with Gasteiger partial charge in [0.15, 0.2) is 22.9 Å². The van der Waals surface area contributed by atoms with Crippen molar-refractivity contribution < 1.29 is 4.79 Å². The maximum atomic E-state index is 12.4. The molecule has 0 spiro atoms. The molecule has 9 heteroatoms. The number of hydrogen-bond acceptors (Lipinski definition) is 5. The second-order valence-electron chi connectivity index (χ2n) is 6.04. The van der Waals surface area contributed by atoms with E-state index < -0.39 is 0 Å². The average Bonchev–Trinajstić information content (AvgIpc) is 3.26. The standard InChI is InChI=1S/C17H18N8O/c1-11(15-22-20-13-7-3-5-9-24(13)15)18-17(26)19-12(2)16-23-21-14-8-4-6-10-25(14)16/h3-12H,1-2H3,(H2,18,19,26). The Kier molecular flexibility index (Phi) is 3.96. The maximum Gasteiger partial charge on any atom is 0.315 e. The van der Waals surface area contributed by atoms with Gasteiger partial charge in [0.2, 0.25) is 0 Å². The molecular formula is C17H18N8O. The summed E-state index contributed by atoms with van der Waals surface area (Å²) >= 11 is 0. The molecular weight excluding hydrogens is 332 g/mol. The van der Waals surface area contributed by atoms with E-state index in [1.54, 1.807) is 0 Å². The summed E-state index contributed by atoms with van der Waals surface area (Å²) in [6.07, 6.45) is 3.73. The van der Waals surface area contributed by atoms with Crippen molar-refractivity contribution in [2.24, 2.45) is 0 Å². The lowest BCUT2D eigenvalue weighted by atomic mass is 10.3. The van der Waals surface area contributed by atoms with Gasteiger partial charge in [0.1, 0.15) is 0 Å². The zero-order valence-corrected chi connectivity index (χ0v) is 14.4. The fraction of sp³-hybridized carbons (Fsp3) is 0.235. The number of carbonyl (C=O) groups is 1. The van der Waals surface area contributed by atoms with Gasteiger partial charge in [-0.25, -0.2) is 4.79 Å². The molecule has 2 atom stereocenters. The Hall–Kier alpha value is -3.49. The third-order valence-electron chi connectivity index (χ3n) is 4.15. The van der Waals surface area contributed by atoms with Crippen LogP contribution in [-0.2, 0) is 0 Å². The van der Waals surface area contributed by atoms with Crippen LogP contribution in [0.2, 0.25) is 0 Å². The molecule has 9 nitrogen and oxygen atoms in total. The highest BCUT2D eigenvalue weighted by Crippen LogP contribution is 2.14. The van der Waals surface area contributed by atoms with E-state index in [4.69, 9.17) is 0 Å². The van der Waals surface area contributed by atoms with Crippen LogP contribution in [0.15, 0.2) is 48.8 Å². The van der Waals surface area contributed by atoms with Gasteiger partial charge in [-0.15, -0.1) is 20.4 Å². The average molecular weight is 350 g/mol. The lowest BCUT2D eigenvalue weighted by Crippen LogP contribution is -2.39. The lowest BCUT2D eigenvalue weighted by Gasteiger charge is -2.16. The Morgan fingerprint density at radius 2 is 1.27 bits per heavy atom. The van der Waals surface area contributed by atoms with Crippen LogP contribution in [0.5, 0.6) is 0 Å². The van der Waals surface area contributed by atoms with Crippen LogP contribution in [0.3, 0.4) is 0 Å². The summed E-state index contributed by atoms with van der Waals surface area (Å²) < 4.78 is 3.70. The van der Waals surface area contributed by atoms with Crippen LogP contribution in [0.25, 0.3) is 11.3 Å². The second kappa shape index (κ2) is 6.43. The van der Waals surface area contributed by atoms with Gasteiger partial charge in [0.25, 0.3) is 0 Å². The molecule has 4 aromatic rings. The monoisotopic (exact) mass is 350 g/mol. The van der Waals surface area contributed by atoms with E-state index in [1.165, 1.54) is 0 Å². The van der Waals surface area contributed by atoms with Crippen molar-refractivity contribution in [3.05, 3.63) is 60.4 Å². The van der Waals surface area contributed by atoms with Crippen molar-refractivity contribution in [3.8, 4) is 0 Å². The quantitative estimate of drug-likeness (QED) is 0.585. The van der Waals surface area contributed by atoms with Crippen LogP contribution in [-0.4, -0.2) is 35.2 Å². The summed E-state index contributed by atoms with van der Waals surface area (Å²) in [4.78, 5) is 12.4. The van der Waals surface area contributed by atoms with Gasteiger partial charge in [-0.1, -0.05) is 12.1 Å². The molecule has 0 fully saturated rings. The van der Waals surface area contributed by atoms with Gasteiger partial charge in [-0.3, -0.25) is 8.80 Å². The number of hydrogen-bond donors (Lipinski definition) is 2. The maximum absolute atomic E-state index is 12.4. The summed E-state index contributed by atoms with van der Waals surface area (Å²) in [5.74, 6) is 1.33. The van der Waals surface area contributed by atoms with Gasteiger partial charge >= 0.3 is 6.03 Å². The van der Waals surface area contributed by atoms with E-state index in [0.29, 0.717) is 11.6 Å². The number of aromatic nitrogens is 6. The van der Waals surface area contributed by atoms with Crippen LogP contribution >= 0.6 is 0 Å². The number of nitrogens with zero attached hydrogens (tertiary/aromatic N) is 6. The summed E-state index contributed by atoms with van der Waals surface area (Å²) in [6.45, 7) is 3.72. The van der Waals surface area contributed by atoms with Crippen molar-refractivity contribution in [3.63, 3.8) is 0 Å². The first-order chi connectivity index (χ1) is 12.6. The summed E-state index contributed by atoms with van der Waals surface area (Å²) in [6, 6.07) is 10.4. The SMILES string of the molecule is CC(NC(=O)NC(C)c1nnc2ccccn12)c1nnc2ccccn12. The third kappa shape index (κ3) is 2.83. The predicted octanol–water partition coefficient (Wildman–Crippen LogP) is 1.89. The second-order valence-corrected chi connectivity index (χ2v) is 6.04. The molecule has 0 bridgehead atoms. The zero-order valence-electron chi connectivity index (χ0n) is 14.4. The number of fused-ring (bicyclic) bond motifs is 2. The number of nitrogens with one attached hydrogen (secondary N) is 2. The highest BCUT2D eigenvalue weighted by Gasteiger charge is 2.19. The minimum atomic E-state index is -0.314. The number of carbonyl (C=O) groups excluding carboxylic acids is 1. The smallest absolute Gasteiger partial charge is 0.315 e. The van der Waals surface area contributed by atoms with Gasteiger partial charge < -0.3 is 10.6 Å². The third-order valence-corrected chi connectivity index (χ3v) is 4.15. The summed E-state index contributed by atoms with van der Waals surface area (Å²) in [5.41, 5.74) is 1.47. The first-order valence-electron chi connectivity index (χ1n) is 8.30. The van der Waals surface area contributed by atoms with E-state index >= 15 is 0 Å². The molecule has 0 aliphatic rings. The largest absolute Gasteiger partial charge is 0.328 e. The first kappa shape index (κ1) is 16.0. The van der Waals surface area contributed by atoms with E-state index in [2.05, 4.69) is 31.0 Å². The van der Waals surface area contributed by atoms with Crippen LogP contribution < -0.4 is 10.6 Å². The van der Waals surface area contributed by atoms with Gasteiger partial charge in [-0.2, -0.15) is 0 Å². The number of rotatable bonds is 4. The number of pyridine rings is 2. The number of amides is 2. The normalized spacial score (nSPS) is 13.6. The zero-order chi connectivity index (χ0) is 18.1. The van der Waals surface area contributed by atoms with Crippen molar-refractivity contribution >= 4 is 17.3 Å². The fourth-order valence-corrected chi connectivity index (χ4v) is 2.87. The highest BCUT2D eigenvalue weighted by atomic mass is 16.2. The molecule has 0 aliphatic carbocycles. The van der Waals surface area contributed by atoms with Crippen LogP contribution in [0.4, 0.5) is 4.79 Å². The van der Waals surface area contributed by atoms with Crippen molar-refractivity contribution in [2.75, 3.05) is 0 Å². The van der Waals surface area contributed by atoms with Crippen molar-refractivity contribution in [1.29, 1.82) is 0 Å². The molecule has 132 valence electrons. The van der Waals surface area contributed by atoms with E-state index in [9.17, 15) is 4.79 Å². The van der Waals surface area contributed by atoms with Crippen LogP contribution in [0, 0.1) is 0 Å². The minimum absolute atomic E-state index is 0.310. The summed E-state index contributed by atoms with van der Waals surface area (Å²) in [7, 11) is 0. The Bertz CT molecular complexity index is 985. The molecule has 2 unspecified atom stereocenters. The fourth-order valence-electron chi connectivity index (χ4n) is 2.87. The predicted molar refractivity (Wildman–Crippen MR) is 94.5 cm³/mol. The van der Waals surface area contributed by atoms with E-state index in [1.807, 2.05) is 71.4 Å². The Balaban J connectivity index is 1.46. The molecule has 4 aromatic heterocycles. The molecule has 4 rings (SSSR count). The molecule has 2 amide bonds. The van der Waals surface area contributed by atoms with Gasteiger partial charge in [0, 0.05) is 12.4 Å². The molecule has 0 aromatic carbocycles. The topological polar surface area (TPSA) is 102 Å². The van der Waals surface area contributed by atoms with E-state index in [0.717, 1.165) is 11.3 Å². The Labute approximate surface area is 149 Å². The highest BCUT2D eigenvalue weighted by molar-refractivity contribution is 5.74. The van der Waals surface area contributed by atoms with Gasteiger partial charge in [-0.05, 0) is 38.1 Å². The lowest BCUT2D eigenvalue weighted by molar-refractivity contribution is 0.234. The molecule has 26 heavy (non-hydrogen) atoms. The first-order valence-corrected chi connectivity index (χ1v) is 8.30. The van der Waals surface area contributed by atoms with Crippen LogP contribution in [0.1, 0.15) is 37.6 Å². The molecule has 0 radical (unpaired) electrons. The summed E-state index contributed by atoms with van der Waals surface area (Å²) in [5, 5.41) is 22.3. The minimum Gasteiger partial charge on any atom is -0.328 e. The molecule has 0 saturated heterocycles. The van der Waals surface area contributed by atoms with Gasteiger partial charge in [0.05, 0.1) is 12.1 Å². The Morgan fingerprint density at radius 3 is 1.73 bits per heavy atom. The molecule has 0 aliphatic heterocycles. The van der Waals surface area contributed by atoms with Crippen molar-refractivity contribution in [1.82, 2.24) is 39.8 Å².